The van der Waals surface area contributed by atoms with E-state index in [9.17, 15) is 5.26 Å². The number of hydrogen-bond acceptors (Lipinski definition) is 4. The highest BCUT2D eigenvalue weighted by atomic mass is 16.5. The van der Waals surface area contributed by atoms with Crippen LogP contribution in [0.2, 0.25) is 0 Å². The molecule has 0 saturated carbocycles. The van der Waals surface area contributed by atoms with Gasteiger partial charge in [-0.2, -0.15) is 5.26 Å². The Labute approximate surface area is 85.8 Å². The molecule has 1 fully saturated rings. The van der Waals surface area contributed by atoms with Crippen molar-refractivity contribution in [3.63, 3.8) is 0 Å². The van der Waals surface area contributed by atoms with Gasteiger partial charge in [-0.1, -0.05) is 0 Å². The SMILES string of the molecule is COCCNC1(C#N)CCCN(C)C1. The van der Waals surface area contributed by atoms with Gasteiger partial charge in [0.1, 0.15) is 5.54 Å². The molecule has 1 aliphatic heterocycles. The van der Waals surface area contributed by atoms with Gasteiger partial charge in [-0.15, -0.1) is 0 Å². The van der Waals surface area contributed by atoms with Crippen LogP contribution in [0.25, 0.3) is 0 Å². The molecule has 1 aliphatic rings. The van der Waals surface area contributed by atoms with Crippen LogP contribution in [0, 0.1) is 11.3 Å². The van der Waals surface area contributed by atoms with E-state index in [-0.39, 0.29) is 5.54 Å². The van der Waals surface area contributed by atoms with Crippen molar-refractivity contribution in [2.75, 3.05) is 40.4 Å². The third kappa shape index (κ3) is 2.95. The number of nitrogens with zero attached hydrogens (tertiary/aromatic N) is 2. The lowest BCUT2D eigenvalue weighted by atomic mass is 9.91. The van der Waals surface area contributed by atoms with E-state index in [1.54, 1.807) is 7.11 Å². The number of piperidine rings is 1. The van der Waals surface area contributed by atoms with Crippen molar-refractivity contribution >= 4 is 0 Å². The molecule has 14 heavy (non-hydrogen) atoms. The first kappa shape index (κ1) is 11.4. The zero-order chi connectivity index (χ0) is 10.4. The maximum Gasteiger partial charge on any atom is 0.119 e. The van der Waals surface area contributed by atoms with Crippen LogP contribution < -0.4 is 5.32 Å². The Morgan fingerprint density at radius 3 is 3.00 bits per heavy atom. The van der Waals surface area contributed by atoms with Gasteiger partial charge in [-0.3, -0.25) is 5.32 Å². The monoisotopic (exact) mass is 197 g/mol. The molecule has 0 aromatic rings. The molecular formula is C10H19N3O. The molecule has 80 valence electrons. The first-order valence-electron chi connectivity index (χ1n) is 5.06. The first-order valence-corrected chi connectivity index (χ1v) is 5.06. The Hall–Kier alpha value is -0.630. The minimum absolute atomic E-state index is 0.356. The van der Waals surface area contributed by atoms with Crippen molar-refractivity contribution < 1.29 is 4.74 Å². The molecule has 0 bridgehead atoms. The van der Waals surface area contributed by atoms with Crippen LogP contribution in [0.3, 0.4) is 0 Å². The predicted molar refractivity (Wildman–Crippen MR) is 55.0 cm³/mol. The van der Waals surface area contributed by atoms with Crippen molar-refractivity contribution in [1.29, 1.82) is 5.26 Å². The van der Waals surface area contributed by atoms with E-state index >= 15 is 0 Å². The van der Waals surface area contributed by atoms with Crippen LogP contribution in [0.15, 0.2) is 0 Å². The number of ether oxygens (including phenoxy) is 1. The van der Waals surface area contributed by atoms with Gasteiger partial charge in [0, 0.05) is 20.2 Å². The van der Waals surface area contributed by atoms with E-state index < -0.39 is 0 Å². The molecule has 1 rings (SSSR count). The third-order valence-corrected chi connectivity index (χ3v) is 2.67. The normalized spacial score (nSPS) is 28.6. The number of rotatable bonds is 4. The summed E-state index contributed by atoms with van der Waals surface area (Å²) in [5.41, 5.74) is -0.356. The second-order valence-corrected chi connectivity index (χ2v) is 3.95. The highest BCUT2D eigenvalue weighted by molar-refractivity contribution is 5.10. The standard InChI is InChI=1S/C10H19N3O/c1-13-6-3-4-10(8-11,9-13)12-5-7-14-2/h12H,3-7,9H2,1-2H3. The lowest BCUT2D eigenvalue weighted by Gasteiger charge is -2.37. The van der Waals surface area contributed by atoms with E-state index in [1.165, 1.54) is 0 Å². The van der Waals surface area contributed by atoms with Gasteiger partial charge < -0.3 is 9.64 Å². The first-order chi connectivity index (χ1) is 6.72. The van der Waals surface area contributed by atoms with Crippen LogP contribution in [-0.4, -0.2) is 50.8 Å². The summed E-state index contributed by atoms with van der Waals surface area (Å²) in [6.45, 7) is 3.31. The summed E-state index contributed by atoms with van der Waals surface area (Å²) >= 11 is 0. The minimum atomic E-state index is -0.356. The molecule has 0 aliphatic carbocycles. The maximum absolute atomic E-state index is 9.18. The van der Waals surface area contributed by atoms with Gasteiger partial charge in [0.15, 0.2) is 0 Å². The molecule has 4 heteroatoms. The summed E-state index contributed by atoms with van der Waals surface area (Å²) < 4.78 is 4.96. The average molecular weight is 197 g/mol. The summed E-state index contributed by atoms with van der Waals surface area (Å²) in [4.78, 5) is 2.20. The number of likely N-dealkylation sites (tertiary alicyclic amines) is 1. The van der Waals surface area contributed by atoms with Gasteiger partial charge in [0.2, 0.25) is 0 Å². The fraction of sp³-hybridized carbons (Fsp3) is 0.900. The van der Waals surface area contributed by atoms with Gasteiger partial charge in [-0.25, -0.2) is 0 Å². The molecule has 0 radical (unpaired) electrons. The minimum Gasteiger partial charge on any atom is -0.383 e. The number of nitrogens with one attached hydrogen (secondary N) is 1. The molecule has 1 heterocycles. The summed E-state index contributed by atoms with van der Waals surface area (Å²) in [6.07, 6.45) is 2.03. The topological polar surface area (TPSA) is 48.3 Å². The van der Waals surface area contributed by atoms with Crippen LogP contribution >= 0.6 is 0 Å². The number of likely N-dealkylation sites (N-methyl/N-ethyl adjacent to an activating group) is 1. The van der Waals surface area contributed by atoms with Crippen molar-refractivity contribution in [3.05, 3.63) is 0 Å². The summed E-state index contributed by atoms with van der Waals surface area (Å²) in [5, 5.41) is 12.5. The van der Waals surface area contributed by atoms with Crippen LogP contribution in [0.1, 0.15) is 12.8 Å². The Balaban J connectivity index is 2.44. The zero-order valence-electron chi connectivity index (χ0n) is 9.05. The van der Waals surface area contributed by atoms with Crippen molar-refractivity contribution in [3.8, 4) is 6.07 Å². The number of methoxy groups -OCH3 is 1. The second kappa shape index (κ2) is 5.30. The van der Waals surface area contributed by atoms with Crippen molar-refractivity contribution in [1.82, 2.24) is 10.2 Å². The van der Waals surface area contributed by atoms with Crippen LogP contribution in [-0.2, 0) is 4.74 Å². The lowest BCUT2D eigenvalue weighted by Crippen LogP contribution is -2.55. The third-order valence-electron chi connectivity index (χ3n) is 2.67. The smallest absolute Gasteiger partial charge is 0.119 e. The molecular weight excluding hydrogens is 178 g/mol. The molecule has 0 aromatic carbocycles. The predicted octanol–water partition coefficient (Wildman–Crippen LogP) is 0.210. The van der Waals surface area contributed by atoms with E-state index in [0.29, 0.717) is 6.61 Å². The molecule has 1 N–H and O–H groups in total. The van der Waals surface area contributed by atoms with Crippen LogP contribution in [0.5, 0.6) is 0 Å². The van der Waals surface area contributed by atoms with Gasteiger partial charge in [0.05, 0.1) is 12.7 Å². The Morgan fingerprint density at radius 1 is 1.64 bits per heavy atom. The number of nitriles is 1. The highest BCUT2D eigenvalue weighted by Gasteiger charge is 2.33. The molecule has 4 nitrogen and oxygen atoms in total. The molecule has 1 atom stereocenters. The maximum atomic E-state index is 9.18. The Morgan fingerprint density at radius 2 is 2.43 bits per heavy atom. The summed E-state index contributed by atoms with van der Waals surface area (Å²) in [7, 11) is 3.73. The molecule has 0 amide bonds. The van der Waals surface area contributed by atoms with Gasteiger partial charge in [-0.05, 0) is 26.4 Å². The van der Waals surface area contributed by atoms with Gasteiger partial charge in [0.25, 0.3) is 0 Å². The summed E-state index contributed by atoms with van der Waals surface area (Å²) in [6, 6.07) is 2.40. The summed E-state index contributed by atoms with van der Waals surface area (Å²) in [5.74, 6) is 0. The van der Waals surface area contributed by atoms with Crippen molar-refractivity contribution in [2.24, 2.45) is 0 Å². The Bertz CT molecular complexity index is 214. The largest absolute Gasteiger partial charge is 0.383 e. The molecule has 0 aromatic heterocycles. The number of hydrogen-bond donors (Lipinski definition) is 1. The fourth-order valence-electron chi connectivity index (χ4n) is 1.94. The fourth-order valence-corrected chi connectivity index (χ4v) is 1.94. The van der Waals surface area contributed by atoms with E-state index in [1.807, 2.05) is 0 Å². The lowest BCUT2D eigenvalue weighted by molar-refractivity contribution is 0.156. The molecule has 1 unspecified atom stereocenters. The second-order valence-electron chi connectivity index (χ2n) is 3.95. The van der Waals surface area contributed by atoms with Crippen molar-refractivity contribution in [2.45, 2.75) is 18.4 Å². The highest BCUT2D eigenvalue weighted by Crippen LogP contribution is 2.19. The molecule has 1 saturated heterocycles. The van der Waals surface area contributed by atoms with Crippen LogP contribution in [0.4, 0.5) is 0 Å². The zero-order valence-corrected chi connectivity index (χ0v) is 9.05. The average Bonchev–Trinajstić information content (AvgIpc) is 2.18. The Kier molecular flexibility index (Phi) is 4.33. The van der Waals surface area contributed by atoms with E-state index in [0.717, 1.165) is 32.5 Å². The van der Waals surface area contributed by atoms with E-state index in [4.69, 9.17) is 4.74 Å². The van der Waals surface area contributed by atoms with E-state index in [2.05, 4.69) is 23.3 Å². The quantitative estimate of drug-likeness (QED) is 0.655. The van der Waals surface area contributed by atoms with Gasteiger partial charge >= 0.3 is 0 Å². The molecule has 0 spiro atoms.